The quantitative estimate of drug-likeness (QED) is 0.703. The lowest BCUT2D eigenvalue weighted by molar-refractivity contribution is 1.13. The first kappa shape index (κ1) is 11.4. The normalized spacial score (nSPS) is 11.0. The molecular formula is C13H9Cl2N3. The van der Waals surface area contributed by atoms with Crippen LogP contribution < -0.4 is 5.73 Å². The smallest absolute Gasteiger partial charge is 0.153 e. The van der Waals surface area contributed by atoms with E-state index in [4.69, 9.17) is 28.9 Å². The summed E-state index contributed by atoms with van der Waals surface area (Å²) >= 11 is 12.0. The van der Waals surface area contributed by atoms with Gasteiger partial charge in [0.1, 0.15) is 0 Å². The Hall–Kier alpha value is -1.71. The van der Waals surface area contributed by atoms with E-state index >= 15 is 0 Å². The zero-order valence-corrected chi connectivity index (χ0v) is 10.8. The number of halogens is 2. The van der Waals surface area contributed by atoms with Gasteiger partial charge >= 0.3 is 0 Å². The van der Waals surface area contributed by atoms with Gasteiger partial charge in [-0.15, -0.1) is 0 Å². The fourth-order valence-electron chi connectivity index (χ4n) is 1.94. The number of nitrogens with two attached hydrogens (primary N) is 1. The maximum Gasteiger partial charge on any atom is 0.153 e. The van der Waals surface area contributed by atoms with E-state index in [9.17, 15) is 0 Å². The average Bonchev–Trinajstić information content (AvgIpc) is 2.69. The highest BCUT2D eigenvalue weighted by atomic mass is 35.5. The second-order valence-corrected chi connectivity index (χ2v) is 4.90. The second kappa shape index (κ2) is 4.19. The monoisotopic (exact) mass is 277 g/mol. The minimum Gasteiger partial charge on any atom is -0.382 e. The molecule has 3 aromatic rings. The summed E-state index contributed by atoms with van der Waals surface area (Å²) in [5, 5.41) is 8.99. The molecule has 3 rings (SSSR count). The van der Waals surface area contributed by atoms with Gasteiger partial charge in [-0.3, -0.25) is 5.10 Å². The fourth-order valence-corrected chi connectivity index (χ4v) is 2.47. The number of rotatable bonds is 1. The average molecular weight is 278 g/mol. The van der Waals surface area contributed by atoms with E-state index in [1.165, 1.54) is 0 Å². The number of hydrogen-bond acceptors (Lipinski definition) is 2. The lowest BCUT2D eigenvalue weighted by atomic mass is 10.0. The van der Waals surface area contributed by atoms with Crippen molar-refractivity contribution in [1.82, 2.24) is 10.2 Å². The van der Waals surface area contributed by atoms with Crippen molar-refractivity contribution >= 4 is 39.9 Å². The van der Waals surface area contributed by atoms with Crippen LogP contribution in [0.1, 0.15) is 0 Å². The number of aromatic amines is 1. The molecule has 0 spiro atoms. The molecule has 0 saturated heterocycles. The number of hydrogen-bond donors (Lipinski definition) is 2. The Balaban J connectivity index is 2.18. The molecule has 0 fully saturated rings. The van der Waals surface area contributed by atoms with Gasteiger partial charge in [0.15, 0.2) is 5.82 Å². The van der Waals surface area contributed by atoms with Gasteiger partial charge in [0.05, 0.1) is 5.52 Å². The molecule has 0 aliphatic carbocycles. The molecule has 0 unspecified atom stereocenters. The van der Waals surface area contributed by atoms with Crippen LogP contribution in [-0.2, 0) is 0 Å². The first-order valence-electron chi connectivity index (χ1n) is 5.33. The van der Waals surface area contributed by atoms with E-state index in [0.29, 0.717) is 15.9 Å². The van der Waals surface area contributed by atoms with Crippen molar-refractivity contribution in [1.29, 1.82) is 0 Å². The van der Waals surface area contributed by atoms with Gasteiger partial charge < -0.3 is 5.73 Å². The van der Waals surface area contributed by atoms with Crippen LogP contribution in [0, 0.1) is 0 Å². The van der Waals surface area contributed by atoms with Crippen LogP contribution in [0.15, 0.2) is 36.4 Å². The van der Waals surface area contributed by atoms with Crippen molar-refractivity contribution in [3.05, 3.63) is 46.4 Å². The summed E-state index contributed by atoms with van der Waals surface area (Å²) in [5.41, 5.74) is 8.59. The minimum absolute atomic E-state index is 0.501. The molecule has 0 aliphatic rings. The van der Waals surface area contributed by atoms with Crippen molar-refractivity contribution in [2.45, 2.75) is 0 Å². The van der Waals surface area contributed by atoms with Crippen molar-refractivity contribution in [3.8, 4) is 11.1 Å². The van der Waals surface area contributed by atoms with Crippen LogP contribution in [0.3, 0.4) is 0 Å². The third-order valence-corrected chi connectivity index (χ3v) is 3.22. The van der Waals surface area contributed by atoms with Crippen molar-refractivity contribution < 1.29 is 0 Å². The zero-order valence-electron chi connectivity index (χ0n) is 9.24. The third-order valence-electron chi connectivity index (χ3n) is 2.79. The molecule has 3 nitrogen and oxygen atoms in total. The van der Waals surface area contributed by atoms with Gasteiger partial charge in [-0.1, -0.05) is 29.3 Å². The Morgan fingerprint density at radius 1 is 0.944 bits per heavy atom. The van der Waals surface area contributed by atoms with Gasteiger partial charge in [-0.05, 0) is 41.5 Å². The first-order valence-corrected chi connectivity index (χ1v) is 6.09. The molecule has 1 heterocycles. The standard InChI is InChI=1S/C13H9Cl2N3/c14-9-3-8(4-10(15)6-9)7-1-2-11-12(5-7)17-18-13(11)16/h1-6H,(H3,16,17,18). The SMILES string of the molecule is Nc1n[nH]c2cc(-c3cc(Cl)cc(Cl)c3)ccc12. The summed E-state index contributed by atoms with van der Waals surface area (Å²) < 4.78 is 0. The largest absolute Gasteiger partial charge is 0.382 e. The predicted octanol–water partition coefficient (Wildman–Crippen LogP) is 4.12. The van der Waals surface area contributed by atoms with Crippen LogP contribution in [0.4, 0.5) is 5.82 Å². The minimum atomic E-state index is 0.501. The van der Waals surface area contributed by atoms with E-state index in [0.717, 1.165) is 22.0 Å². The highest BCUT2D eigenvalue weighted by Gasteiger charge is 2.06. The molecule has 90 valence electrons. The lowest BCUT2D eigenvalue weighted by Gasteiger charge is -2.03. The second-order valence-electron chi connectivity index (χ2n) is 4.03. The van der Waals surface area contributed by atoms with Crippen molar-refractivity contribution in [2.24, 2.45) is 0 Å². The number of H-pyrrole nitrogens is 1. The summed E-state index contributed by atoms with van der Waals surface area (Å²) in [5.74, 6) is 0.501. The Morgan fingerprint density at radius 3 is 2.39 bits per heavy atom. The molecule has 5 heteroatoms. The van der Waals surface area contributed by atoms with Crippen LogP contribution in [-0.4, -0.2) is 10.2 Å². The van der Waals surface area contributed by atoms with Crippen LogP contribution in [0.5, 0.6) is 0 Å². The Bertz CT molecular complexity index is 714. The van der Waals surface area contributed by atoms with Crippen LogP contribution in [0.2, 0.25) is 10.0 Å². The van der Waals surface area contributed by atoms with Crippen molar-refractivity contribution in [2.75, 3.05) is 5.73 Å². The molecule has 0 saturated carbocycles. The summed E-state index contributed by atoms with van der Waals surface area (Å²) in [6.45, 7) is 0. The number of anilines is 1. The first-order chi connectivity index (χ1) is 8.63. The fraction of sp³-hybridized carbons (Fsp3) is 0. The Kier molecular flexibility index (Phi) is 2.65. The Morgan fingerprint density at radius 2 is 1.67 bits per heavy atom. The number of aromatic nitrogens is 2. The molecule has 1 aromatic heterocycles. The van der Waals surface area contributed by atoms with Crippen LogP contribution >= 0.6 is 23.2 Å². The zero-order chi connectivity index (χ0) is 12.7. The van der Waals surface area contributed by atoms with Gasteiger partial charge in [-0.2, -0.15) is 5.10 Å². The molecular weight excluding hydrogens is 269 g/mol. The lowest BCUT2D eigenvalue weighted by Crippen LogP contribution is -1.83. The van der Waals surface area contributed by atoms with Gasteiger partial charge in [0.2, 0.25) is 0 Å². The third kappa shape index (κ3) is 1.92. The van der Waals surface area contributed by atoms with Gasteiger partial charge in [0, 0.05) is 15.4 Å². The maximum atomic E-state index is 6.00. The van der Waals surface area contributed by atoms with E-state index in [-0.39, 0.29) is 0 Å². The summed E-state index contributed by atoms with van der Waals surface area (Å²) in [6.07, 6.45) is 0. The summed E-state index contributed by atoms with van der Waals surface area (Å²) in [7, 11) is 0. The van der Waals surface area contributed by atoms with Crippen LogP contribution in [0.25, 0.3) is 22.0 Å². The van der Waals surface area contributed by atoms with Gasteiger partial charge in [-0.25, -0.2) is 0 Å². The van der Waals surface area contributed by atoms with E-state index in [1.54, 1.807) is 6.07 Å². The molecule has 3 N–H and O–H groups in total. The molecule has 0 radical (unpaired) electrons. The molecule has 18 heavy (non-hydrogen) atoms. The molecule has 0 atom stereocenters. The molecule has 0 aliphatic heterocycles. The van der Waals surface area contributed by atoms with Gasteiger partial charge in [0.25, 0.3) is 0 Å². The maximum absolute atomic E-state index is 6.00. The number of fused-ring (bicyclic) bond motifs is 1. The van der Waals surface area contributed by atoms with E-state index in [2.05, 4.69) is 10.2 Å². The Labute approximate surface area is 114 Å². The molecule has 0 amide bonds. The number of nitrogen functional groups attached to an aromatic ring is 1. The summed E-state index contributed by atoms with van der Waals surface area (Å²) in [6, 6.07) is 11.3. The topological polar surface area (TPSA) is 54.7 Å². The van der Waals surface area contributed by atoms with E-state index < -0.39 is 0 Å². The predicted molar refractivity (Wildman–Crippen MR) is 76.0 cm³/mol. The number of nitrogens with zero attached hydrogens (tertiary/aromatic N) is 1. The molecule has 2 aromatic carbocycles. The summed E-state index contributed by atoms with van der Waals surface area (Å²) in [4.78, 5) is 0. The highest BCUT2D eigenvalue weighted by Crippen LogP contribution is 2.29. The van der Waals surface area contributed by atoms with E-state index in [1.807, 2.05) is 30.3 Å². The molecule has 0 bridgehead atoms. The number of nitrogens with one attached hydrogen (secondary N) is 1. The highest BCUT2D eigenvalue weighted by molar-refractivity contribution is 6.35. The number of benzene rings is 2. The van der Waals surface area contributed by atoms with Crippen molar-refractivity contribution in [3.63, 3.8) is 0 Å².